The molecule has 126 valence electrons. The molecule has 0 N–H and O–H groups in total. The zero-order valence-electron chi connectivity index (χ0n) is 14.3. The number of ether oxygens (including phenoxy) is 1. The van der Waals surface area contributed by atoms with E-state index >= 15 is 0 Å². The summed E-state index contributed by atoms with van der Waals surface area (Å²) in [6.07, 6.45) is 0. The highest BCUT2D eigenvalue weighted by Gasteiger charge is 2.26. The van der Waals surface area contributed by atoms with Gasteiger partial charge in [-0.25, -0.2) is 0 Å². The van der Waals surface area contributed by atoms with Crippen LogP contribution in [0.2, 0.25) is 0 Å². The van der Waals surface area contributed by atoms with Gasteiger partial charge in [0.05, 0.1) is 18.1 Å². The predicted octanol–water partition coefficient (Wildman–Crippen LogP) is 4.01. The molecule has 0 radical (unpaired) electrons. The van der Waals surface area contributed by atoms with Crippen LogP contribution < -0.4 is 4.74 Å². The van der Waals surface area contributed by atoms with Gasteiger partial charge in [0.2, 0.25) is 5.16 Å². The van der Waals surface area contributed by atoms with Gasteiger partial charge < -0.3 is 4.74 Å². The molecule has 0 fully saturated rings. The Hall–Kier alpha value is -2.60. The van der Waals surface area contributed by atoms with E-state index < -0.39 is 0 Å². The minimum atomic E-state index is 0.220. The molecular weight excluding hydrogens is 332 g/mol. The van der Waals surface area contributed by atoms with Gasteiger partial charge in [-0.3, -0.25) is 0 Å². The molecule has 25 heavy (non-hydrogen) atoms. The Labute approximate surface area is 150 Å². The lowest BCUT2D eigenvalue weighted by atomic mass is 10.1. The maximum atomic E-state index is 5.32. The monoisotopic (exact) mass is 350 g/mol. The molecule has 2 heterocycles. The van der Waals surface area contributed by atoms with Gasteiger partial charge in [-0.2, -0.15) is 9.78 Å². The molecule has 4 rings (SSSR count). The fourth-order valence-electron chi connectivity index (χ4n) is 2.79. The van der Waals surface area contributed by atoms with E-state index in [2.05, 4.69) is 48.3 Å². The average Bonchev–Trinajstić information content (AvgIpc) is 3.04. The Morgan fingerprint density at radius 3 is 2.60 bits per heavy atom. The minimum Gasteiger partial charge on any atom is -0.497 e. The normalized spacial score (nSPS) is 16.3. The molecule has 1 atom stereocenters. The minimum absolute atomic E-state index is 0.220. The Balaban J connectivity index is 1.81. The maximum Gasteiger partial charge on any atom is 0.213 e. The SMILES string of the molecule is COc1cccc(-c2nnc3n2N=C(c2ccc(C)cc2)[C@H](C)S3)c1. The molecular formula is C19H18N4OS. The molecule has 0 amide bonds. The van der Waals surface area contributed by atoms with Crippen molar-refractivity contribution in [3.8, 4) is 17.1 Å². The van der Waals surface area contributed by atoms with E-state index in [9.17, 15) is 0 Å². The van der Waals surface area contributed by atoms with Crippen LogP contribution in [0, 0.1) is 6.92 Å². The van der Waals surface area contributed by atoms with Crippen molar-refractivity contribution in [3.63, 3.8) is 0 Å². The molecule has 5 nitrogen and oxygen atoms in total. The Kier molecular flexibility index (Phi) is 4.05. The first-order valence-electron chi connectivity index (χ1n) is 8.08. The molecule has 1 aromatic heterocycles. The molecule has 0 bridgehead atoms. The van der Waals surface area contributed by atoms with Crippen LogP contribution >= 0.6 is 11.8 Å². The molecule has 3 aromatic rings. The smallest absolute Gasteiger partial charge is 0.213 e. The van der Waals surface area contributed by atoms with Crippen LogP contribution in [0.4, 0.5) is 0 Å². The van der Waals surface area contributed by atoms with Crippen molar-refractivity contribution in [2.24, 2.45) is 5.10 Å². The fourth-order valence-corrected chi connectivity index (χ4v) is 3.72. The standard InChI is InChI=1S/C19H18N4OS/c1-12-7-9-14(10-8-12)17-13(2)25-19-21-20-18(23(19)22-17)15-5-4-6-16(11-15)24-3/h4-11,13H,1-3H3/t13-/m0/s1. The number of thioether (sulfide) groups is 1. The molecule has 0 unspecified atom stereocenters. The highest BCUT2D eigenvalue weighted by Crippen LogP contribution is 2.33. The van der Waals surface area contributed by atoms with Crippen LogP contribution in [0.3, 0.4) is 0 Å². The quantitative estimate of drug-likeness (QED) is 0.716. The third kappa shape index (κ3) is 2.93. The average molecular weight is 350 g/mol. The number of hydrogen-bond donors (Lipinski definition) is 0. The fraction of sp³-hybridized carbons (Fsp3) is 0.211. The highest BCUT2D eigenvalue weighted by atomic mass is 32.2. The van der Waals surface area contributed by atoms with E-state index in [-0.39, 0.29) is 5.25 Å². The highest BCUT2D eigenvalue weighted by molar-refractivity contribution is 8.00. The molecule has 0 saturated heterocycles. The summed E-state index contributed by atoms with van der Waals surface area (Å²) in [7, 11) is 1.66. The number of fused-ring (bicyclic) bond motifs is 1. The summed E-state index contributed by atoms with van der Waals surface area (Å²) in [6.45, 7) is 4.23. The van der Waals surface area contributed by atoms with Gasteiger partial charge in [0, 0.05) is 5.56 Å². The van der Waals surface area contributed by atoms with Crippen LogP contribution in [-0.4, -0.2) is 32.9 Å². The van der Waals surface area contributed by atoms with Crippen LogP contribution in [0.1, 0.15) is 18.1 Å². The molecule has 0 saturated carbocycles. The van der Waals surface area contributed by atoms with Gasteiger partial charge in [0.1, 0.15) is 5.75 Å². The van der Waals surface area contributed by atoms with Crippen molar-refractivity contribution in [1.29, 1.82) is 0 Å². The molecule has 2 aromatic carbocycles. The van der Waals surface area contributed by atoms with E-state index in [0.29, 0.717) is 0 Å². The van der Waals surface area contributed by atoms with Crippen LogP contribution in [0.25, 0.3) is 11.4 Å². The summed E-state index contributed by atoms with van der Waals surface area (Å²) in [5.74, 6) is 1.51. The summed E-state index contributed by atoms with van der Waals surface area (Å²) >= 11 is 1.67. The van der Waals surface area contributed by atoms with Crippen molar-refractivity contribution in [2.75, 3.05) is 7.11 Å². The van der Waals surface area contributed by atoms with Crippen molar-refractivity contribution in [2.45, 2.75) is 24.3 Å². The number of benzene rings is 2. The van der Waals surface area contributed by atoms with Crippen molar-refractivity contribution < 1.29 is 4.74 Å². The van der Waals surface area contributed by atoms with Crippen LogP contribution in [0.15, 0.2) is 58.8 Å². The van der Waals surface area contributed by atoms with Crippen molar-refractivity contribution >= 4 is 17.5 Å². The summed E-state index contributed by atoms with van der Waals surface area (Å²) in [6, 6.07) is 16.2. The number of aryl methyl sites for hydroxylation is 1. The Morgan fingerprint density at radius 1 is 1.04 bits per heavy atom. The predicted molar refractivity (Wildman–Crippen MR) is 100 cm³/mol. The zero-order chi connectivity index (χ0) is 17.4. The van der Waals surface area contributed by atoms with E-state index in [4.69, 9.17) is 9.84 Å². The number of methoxy groups -OCH3 is 1. The lowest BCUT2D eigenvalue weighted by molar-refractivity contribution is 0.415. The van der Waals surface area contributed by atoms with E-state index in [1.165, 1.54) is 5.56 Å². The second-order valence-electron chi connectivity index (χ2n) is 5.96. The maximum absolute atomic E-state index is 5.32. The first-order valence-corrected chi connectivity index (χ1v) is 8.96. The second-order valence-corrected chi connectivity index (χ2v) is 7.27. The second kappa shape index (κ2) is 6.37. The topological polar surface area (TPSA) is 52.3 Å². The third-order valence-electron chi connectivity index (χ3n) is 4.16. The molecule has 0 aliphatic carbocycles. The van der Waals surface area contributed by atoms with Gasteiger partial charge >= 0.3 is 0 Å². The Bertz CT molecular complexity index is 946. The van der Waals surface area contributed by atoms with Gasteiger partial charge in [-0.1, -0.05) is 53.7 Å². The summed E-state index contributed by atoms with van der Waals surface area (Å²) in [4.78, 5) is 0. The summed E-state index contributed by atoms with van der Waals surface area (Å²) < 4.78 is 7.15. The van der Waals surface area contributed by atoms with Gasteiger partial charge in [0.25, 0.3) is 0 Å². The Morgan fingerprint density at radius 2 is 1.84 bits per heavy atom. The molecule has 1 aliphatic rings. The molecule has 0 spiro atoms. The van der Waals surface area contributed by atoms with E-state index in [1.807, 2.05) is 28.9 Å². The van der Waals surface area contributed by atoms with Gasteiger partial charge in [-0.15, -0.1) is 10.2 Å². The van der Waals surface area contributed by atoms with Crippen LogP contribution in [0.5, 0.6) is 5.75 Å². The summed E-state index contributed by atoms with van der Waals surface area (Å²) in [5.41, 5.74) is 4.32. The number of nitrogens with zero attached hydrogens (tertiary/aromatic N) is 4. The first-order chi connectivity index (χ1) is 12.2. The third-order valence-corrected chi connectivity index (χ3v) is 5.20. The number of aromatic nitrogens is 3. The van der Waals surface area contributed by atoms with E-state index in [1.54, 1.807) is 18.9 Å². The van der Waals surface area contributed by atoms with Crippen molar-refractivity contribution in [1.82, 2.24) is 14.9 Å². The van der Waals surface area contributed by atoms with Crippen LogP contribution in [-0.2, 0) is 0 Å². The van der Waals surface area contributed by atoms with Crippen molar-refractivity contribution in [3.05, 3.63) is 59.7 Å². The zero-order valence-corrected chi connectivity index (χ0v) is 15.1. The lowest BCUT2D eigenvalue weighted by Gasteiger charge is -2.20. The van der Waals surface area contributed by atoms with Gasteiger partial charge in [-0.05, 0) is 31.5 Å². The number of rotatable bonds is 3. The summed E-state index contributed by atoms with van der Waals surface area (Å²) in [5, 5.41) is 14.6. The number of hydrogen-bond acceptors (Lipinski definition) is 5. The van der Waals surface area contributed by atoms with Gasteiger partial charge in [0.15, 0.2) is 5.82 Å². The largest absolute Gasteiger partial charge is 0.497 e. The lowest BCUT2D eigenvalue weighted by Crippen LogP contribution is -2.21. The molecule has 1 aliphatic heterocycles. The van der Waals surface area contributed by atoms with E-state index in [0.717, 1.165) is 33.6 Å². The molecule has 6 heteroatoms. The first kappa shape index (κ1) is 15.9.